The molecule has 3 aromatic rings. The van der Waals surface area contributed by atoms with Gasteiger partial charge in [-0.3, -0.25) is 14.9 Å². The second-order valence-corrected chi connectivity index (χ2v) is 6.94. The highest BCUT2D eigenvalue weighted by Gasteiger charge is 2.23. The lowest BCUT2D eigenvalue weighted by Crippen LogP contribution is -2.36. The molecule has 1 saturated carbocycles. The van der Waals surface area contributed by atoms with E-state index in [0.29, 0.717) is 6.04 Å². The van der Waals surface area contributed by atoms with Crippen LogP contribution >= 0.6 is 0 Å². The smallest absolute Gasteiger partial charge is 0.151 e. The monoisotopic (exact) mass is 348 g/mol. The van der Waals surface area contributed by atoms with E-state index >= 15 is 0 Å². The van der Waals surface area contributed by atoms with Crippen molar-refractivity contribution in [2.75, 3.05) is 0 Å². The Morgan fingerprint density at radius 3 is 2.69 bits per heavy atom. The first-order valence-electron chi connectivity index (χ1n) is 9.38. The molecular weight excluding hydrogens is 324 g/mol. The zero-order chi connectivity index (χ0) is 17.6. The van der Waals surface area contributed by atoms with Crippen LogP contribution in [0.25, 0.3) is 11.3 Å². The van der Waals surface area contributed by atoms with Gasteiger partial charge in [0.1, 0.15) is 5.69 Å². The molecule has 0 aliphatic heterocycles. The molecule has 0 aromatic carbocycles. The molecule has 0 spiro atoms. The van der Waals surface area contributed by atoms with Gasteiger partial charge in [0.05, 0.1) is 12.2 Å². The molecule has 1 aliphatic rings. The molecule has 26 heavy (non-hydrogen) atoms. The summed E-state index contributed by atoms with van der Waals surface area (Å²) in [6, 6.07) is 12.6. The normalized spacial score (nSPS) is 15.4. The first kappa shape index (κ1) is 16.9. The van der Waals surface area contributed by atoms with E-state index < -0.39 is 0 Å². The Morgan fingerprint density at radius 2 is 1.92 bits per heavy atom. The lowest BCUT2D eigenvalue weighted by atomic mass is 9.94. The number of nitrogens with zero attached hydrogens (tertiary/aromatic N) is 4. The second kappa shape index (κ2) is 8.23. The van der Waals surface area contributed by atoms with E-state index in [-0.39, 0.29) is 0 Å². The topological polar surface area (TPSA) is 55.1 Å². The first-order valence-corrected chi connectivity index (χ1v) is 9.38. The molecule has 1 fully saturated rings. The summed E-state index contributed by atoms with van der Waals surface area (Å²) in [4.78, 5) is 11.2. The highest BCUT2D eigenvalue weighted by atomic mass is 16.5. The molecule has 0 N–H and O–H groups in total. The van der Waals surface area contributed by atoms with Crippen LogP contribution in [-0.4, -0.2) is 26.1 Å². The van der Waals surface area contributed by atoms with Crippen molar-refractivity contribution in [3.63, 3.8) is 0 Å². The number of aromatic nitrogens is 3. The highest BCUT2D eigenvalue weighted by Crippen LogP contribution is 2.26. The Kier molecular flexibility index (Phi) is 5.36. The summed E-state index contributed by atoms with van der Waals surface area (Å²) in [7, 11) is 0. The molecule has 3 heterocycles. The SMILES string of the molecule is c1ccc(CN(Cc2cc(-c3cccnc3)no2)C2CCCCC2)nc1. The van der Waals surface area contributed by atoms with E-state index in [0.717, 1.165) is 35.8 Å². The molecule has 0 saturated heterocycles. The number of pyridine rings is 2. The van der Waals surface area contributed by atoms with Crippen LogP contribution in [0.5, 0.6) is 0 Å². The van der Waals surface area contributed by atoms with Crippen LogP contribution in [0.2, 0.25) is 0 Å². The van der Waals surface area contributed by atoms with Crippen molar-refractivity contribution in [2.45, 2.75) is 51.2 Å². The predicted octanol–water partition coefficient (Wildman–Crippen LogP) is 4.47. The quantitative estimate of drug-likeness (QED) is 0.658. The zero-order valence-corrected chi connectivity index (χ0v) is 14.9. The van der Waals surface area contributed by atoms with E-state index in [4.69, 9.17) is 4.52 Å². The van der Waals surface area contributed by atoms with E-state index in [2.05, 4.69) is 32.2 Å². The molecular formula is C21H24N4O. The lowest BCUT2D eigenvalue weighted by Gasteiger charge is -2.33. The molecule has 134 valence electrons. The molecule has 0 amide bonds. The van der Waals surface area contributed by atoms with Gasteiger partial charge in [-0.2, -0.15) is 0 Å². The Bertz CT molecular complexity index is 797. The molecule has 3 aromatic heterocycles. The standard InChI is InChI=1S/C21H24N4O/c1-2-9-19(10-3-1)25(15-18-8-4-5-12-23-18)16-20-13-21(24-26-20)17-7-6-11-22-14-17/h4-8,11-14,19H,1-3,9-10,15-16H2. The summed E-state index contributed by atoms with van der Waals surface area (Å²) < 4.78 is 5.64. The molecule has 0 bridgehead atoms. The van der Waals surface area contributed by atoms with E-state index in [9.17, 15) is 0 Å². The fraction of sp³-hybridized carbons (Fsp3) is 0.381. The average molecular weight is 348 g/mol. The van der Waals surface area contributed by atoms with Crippen molar-refractivity contribution >= 4 is 0 Å². The summed E-state index contributed by atoms with van der Waals surface area (Å²) >= 11 is 0. The Morgan fingerprint density at radius 1 is 1.00 bits per heavy atom. The van der Waals surface area contributed by atoms with E-state index in [1.807, 2.05) is 36.7 Å². The van der Waals surface area contributed by atoms with Crippen molar-refractivity contribution in [2.24, 2.45) is 0 Å². The summed E-state index contributed by atoms with van der Waals surface area (Å²) in [5.74, 6) is 0.894. The maximum atomic E-state index is 5.64. The number of hydrogen-bond acceptors (Lipinski definition) is 5. The van der Waals surface area contributed by atoms with Crippen LogP contribution in [0.3, 0.4) is 0 Å². The van der Waals surface area contributed by atoms with Gasteiger partial charge in [0.25, 0.3) is 0 Å². The van der Waals surface area contributed by atoms with Gasteiger partial charge < -0.3 is 4.52 Å². The van der Waals surface area contributed by atoms with Crippen molar-refractivity contribution in [3.8, 4) is 11.3 Å². The van der Waals surface area contributed by atoms with Crippen molar-refractivity contribution in [1.29, 1.82) is 0 Å². The van der Waals surface area contributed by atoms with Crippen molar-refractivity contribution in [1.82, 2.24) is 20.0 Å². The summed E-state index contributed by atoms with van der Waals surface area (Å²) in [5, 5.41) is 4.23. The third-order valence-electron chi connectivity index (χ3n) is 5.06. The minimum atomic E-state index is 0.581. The summed E-state index contributed by atoms with van der Waals surface area (Å²) in [5.41, 5.74) is 2.93. The lowest BCUT2D eigenvalue weighted by molar-refractivity contribution is 0.125. The minimum absolute atomic E-state index is 0.581. The van der Waals surface area contributed by atoms with Crippen LogP contribution < -0.4 is 0 Å². The van der Waals surface area contributed by atoms with Gasteiger partial charge in [-0.1, -0.05) is 30.5 Å². The van der Waals surface area contributed by atoms with Gasteiger partial charge in [-0.15, -0.1) is 0 Å². The number of hydrogen-bond donors (Lipinski definition) is 0. The van der Waals surface area contributed by atoms with Gasteiger partial charge in [-0.05, 0) is 37.1 Å². The third kappa shape index (κ3) is 4.17. The molecule has 5 heteroatoms. The third-order valence-corrected chi connectivity index (χ3v) is 5.06. The Balaban J connectivity index is 1.51. The Hall–Kier alpha value is -2.53. The second-order valence-electron chi connectivity index (χ2n) is 6.94. The van der Waals surface area contributed by atoms with E-state index in [1.54, 1.807) is 6.20 Å². The van der Waals surface area contributed by atoms with Gasteiger partial charge in [0.2, 0.25) is 0 Å². The fourth-order valence-electron chi connectivity index (χ4n) is 3.70. The van der Waals surface area contributed by atoms with Crippen LogP contribution in [0.4, 0.5) is 0 Å². The first-order chi connectivity index (χ1) is 12.9. The molecule has 0 radical (unpaired) electrons. The van der Waals surface area contributed by atoms with Gasteiger partial charge >= 0.3 is 0 Å². The largest absolute Gasteiger partial charge is 0.359 e. The van der Waals surface area contributed by atoms with Crippen LogP contribution in [-0.2, 0) is 13.1 Å². The average Bonchev–Trinajstić information content (AvgIpc) is 3.18. The van der Waals surface area contributed by atoms with E-state index in [1.165, 1.54) is 32.1 Å². The van der Waals surface area contributed by atoms with Crippen molar-refractivity contribution in [3.05, 3.63) is 66.4 Å². The molecule has 0 atom stereocenters. The van der Waals surface area contributed by atoms with Crippen LogP contribution in [0, 0.1) is 0 Å². The van der Waals surface area contributed by atoms with Crippen LogP contribution in [0.15, 0.2) is 59.5 Å². The maximum Gasteiger partial charge on any atom is 0.151 e. The van der Waals surface area contributed by atoms with Gasteiger partial charge in [0.15, 0.2) is 5.76 Å². The molecule has 5 nitrogen and oxygen atoms in total. The predicted molar refractivity (Wildman–Crippen MR) is 100 cm³/mol. The molecule has 1 aliphatic carbocycles. The molecule has 0 unspecified atom stereocenters. The zero-order valence-electron chi connectivity index (χ0n) is 14.9. The highest BCUT2D eigenvalue weighted by molar-refractivity contribution is 5.57. The summed E-state index contributed by atoms with van der Waals surface area (Å²) in [6.45, 7) is 1.60. The fourth-order valence-corrected chi connectivity index (χ4v) is 3.70. The van der Waals surface area contributed by atoms with Crippen molar-refractivity contribution < 1.29 is 4.52 Å². The van der Waals surface area contributed by atoms with Crippen LogP contribution in [0.1, 0.15) is 43.6 Å². The Labute approximate surface area is 154 Å². The van der Waals surface area contributed by atoms with Gasteiger partial charge in [-0.25, -0.2) is 0 Å². The maximum absolute atomic E-state index is 5.64. The number of rotatable bonds is 6. The van der Waals surface area contributed by atoms with Gasteiger partial charge in [0, 0.05) is 42.8 Å². The molecule has 4 rings (SSSR count). The minimum Gasteiger partial charge on any atom is -0.359 e. The summed E-state index contributed by atoms with van der Waals surface area (Å²) in [6.07, 6.45) is 11.9.